The van der Waals surface area contributed by atoms with Gasteiger partial charge in [0.25, 0.3) is 0 Å². The zero-order valence-corrected chi connectivity index (χ0v) is 13.0. The molecule has 0 amide bonds. The van der Waals surface area contributed by atoms with Crippen molar-refractivity contribution in [3.8, 4) is 0 Å². The molecule has 2 rings (SSSR count). The lowest BCUT2D eigenvalue weighted by molar-refractivity contribution is 0.0548. The van der Waals surface area contributed by atoms with Crippen LogP contribution in [0.3, 0.4) is 0 Å². The van der Waals surface area contributed by atoms with Gasteiger partial charge in [0.1, 0.15) is 13.2 Å². The molecule has 0 bridgehead atoms. The number of benzene rings is 2. The van der Waals surface area contributed by atoms with Crippen LogP contribution in [0, 0.1) is 6.92 Å². The number of esters is 2. The van der Waals surface area contributed by atoms with E-state index in [-0.39, 0.29) is 13.2 Å². The molecule has 118 valence electrons. The van der Waals surface area contributed by atoms with Gasteiger partial charge < -0.3 is 9.47 Å². The first-order chi connectivity index (χ1) is 11.1. The molecule has 0 saturated heterocycles. The highest BCUT2D eigenvalue weighted by Crippen LogP contribution is 2.27. The molecular formula is C19H18O4. The molecule has 0 aliphatic rings. The fourth-order valence-corrected chi connectivity index (χ4v) is 2.35. The average molecular weight is 310 g/mol. The highest BCUT2D eigenvalue weighted by atomic mass is 16.5. The molecule has 4 nitrogen and oxygen atoms in total. The number of fused-ring (bicyclic) bond motifs is 1. The Kier molecular flexibility index (Phi) is 5.31. The van der Waals surface area contributed by atoms with Crippen LogP contribution in [0.2, 0.25) is 0 Å². The first-order valence-electron chi connectivity index (χ1n) is 7.18. The van der Waals surface area contributed by atoms with Gasteiger partial charge in [-0.3, -0.25) is 0 Å². The Labute approximate surface area is 135 Å². The average Bonchev–Trinajstić information content (AvgIpc) is 2.56. The van der Waals surface area contributed by atoms with Crippen molar-refractivity contribution in [1.82, 2.24) is 0 Å². The third-order valence-corrected chi connectivity index (χ3v) is 3.40. The fraction of sp³-hybridized carbons (Fsp3) is 0.158. The maximum atomic E-state index is 12.4. The first-order valence-corrected chi connectivity index (χ1v) is 7.18. The van der Waals surface area contributed by atoms with Gasteiger partial charge in [-0.25, -0.2) is 9.59 Å². The second-order valence-corrected chi connectivity index (χ2v) is 4.92. The summed E-state index contributed by atoms with van der Waals surface area (Å²) in [6.45, 7) is 8.98. The van der Waals surface area contributed by atoms with E-state index in [9.17, 15) is 9.59 Å². The predicted octanol–water partition coefficient (Wildman–Crippen LogP) is 3.83. The molecule has 0 N–H and O–H groups in total. The molecule has 2 aromatic carbocycles. The van der Waals surface area contributed by atoms with Crippen molar-refractivity contribution in [1.29, 1.82) is 0 Å². The number of hydrogen-bond donors (Lipinski definition) is 0. The summed E-state index contributed by atoms with van der Waals surface area (Å²) in [4.78, 5) is 24.6. The van der Waals surface area contributed by atoms with E-state index in [2.05, 4.69) is 13.2 Å². The van der Waals surface area contributed by atoms with Crippen molar-refractivity contribution in [3.05, 3.63) is 72.3 Å². The fourth-order valence-electron chi connectivity index (χ4n) is 2.35. The van der Waals surface area contributed by atoms with Gasteiger partial charge in [0, 0.05) is 0 Å². The molecule has 0 aliphatic heterocycles. The SMILES string of the molecule is C=CCOC(=O)c1cc2ccccc2c(C(=O)OCC=C)c1C. The van der Waals surface area contributed by atoms with Gasteiger partial charge in [0.05, 0.1) is 11.1 Å². The summed E-state index contributed by atoms with van der Waals surface area (Å²) in [6.07, 6.45) is 2.99. The zero-order valence-electron chi connectivity index (χ0n) is 13.0. The van der Waals surface area contributed by atoms with Crippen LogP contribution in [0.1, 0.15) is 26.3 Å². The van der Waals surface area contributed by atoms with E-state index >= 15 is 0 Å². The van der Waals surface area contributed by atoms with Gasteiger partial charge in [-0.05, 0) is 29.3 Å². The van der Waals surface area contributed by atoms with Crippen LogP contribution in [0.15, 0.2) is 55.6 Å². The Morgan fingerprint density at radius 3 is 2.30 bits per heavy atom. The maximum absolute atomic E-state index is 12.4. The lowest BCUT2D eigenvalue weighted by Gasteiger charge is -2.13. The topological polar surface area (TPSA) is 52.6 Å². The minimum absolute atomic E-state index is 0.109. The van der Waals surface area contributed by atoms with Crippen molar-refractivity contribution >= 4 is 22.7 Å². The van der Waals surface area contributed by atoms with Crippen LogP contribution >= 0.6 is 0 Å². The number of carbonyl (C=O) groups is 2. The Balaban J connectivity index is 2.60. The molecule has 0 radical (unpaired) electrons. The highest BCUT2D eigenvalue weighted by Gasteiger charge is 2.21. The summed E-state index contributed by atoms with van der Waals surface area (Å²) in [5.41, 5.74) is 1.25. The molecule has 4 heteroatoms. The second-order valence-electron chi connectivity index (χ2n) is 4.92. The number of hydrogen-bond acceptors (Lipinski definition) is 4. The van der Waals surface area contributed by atoms with Crippen LogP contribution in [0.4, 0.5) is 0 Å². The Morgan fingerprint density at radius 1 is 1.04 bits per heavy atom. The summed E-state index contributed by atoms with van der Waals surface area (Å²) in [7, 11) is 0. The Bertz CT molecular complexity index is 774. The van der Waals surface area contributed by atoms with Crippen molar-refractivity contribution in [2.24, 2.45) is 0 Å². The van der Waals surface area contributed by atoms with Crippen LogP contribution in [0.25, 0.3) is 10.8 Å². The van der Waals surface area contributed by atoms with E-state index in [0.29, 0.717) is 16.7 Å². The zero-order chi connectivity index (χ0) is 16.8. The van der Waals surface area contributed by atoms with E-state index in [4.69, 9.17) is 9.47 Å². The third kappa shape index (κ3) is 3.48. The van der Waals surface area contributed by atoms with E-state index in [0.717, 1.165) is 10.8 Å². The van der Waals surface area contributed by atoms with Gasteiger partial charge in [-0.2, -0.15) is 0 Å². The minimum atomic E-state index is -0.495. The molecule has 0 spiro atoms. The number of rotatable bonds is 6. The smallest absolute Gasteiger partial charge is 0.339 e. The van der Waals surface area contributed by atoms with E-state index in [1.165, 1.54) is 12.2 Å². The molecule has 2 aromatic rings. The summed E-state index contributed by atoms with van der Waals surface area (Å²) >= 11 is 0. The highest BCUT2D eigenvalue weighted by molar-refractivity contribution is 6.10. The van der Waals surface area contributed by atoms with E-state index in [1.54, 1.807) is 13.0 Å². The normalized spacial score (nSPS) is 10.1. The van der Waals surface area contributed by atoms with Crippen LogP contribution in [-0.2, 0) is 9.47 Å². The summed E-state index contributed by atoms with van der Waals surface area (Å²) in [5.74, 6) is -0.983. The van der Waals surface area contributed by atoms with Crippen LogP contribution in [0.5, 0.6) is 0 Å². The first kappa shape index (κ1) is 16.5. The van der Waals surface area contributed by atoms with Gasteiger partial charge >= 0.3 is 11.9 Å². The van der Waals surface area contributed by atoms with Gasteiger partial charge in [-0.15, -0.1) is 0 Å². The largest absolute Gasteiger partial charge is 0.458 e. The molecule has 0 aromatic heterocycles. The summed E-state index contributed by atoms with van der Waals surface area (Å²) in [6, 6.07) is 9.06. The van der Waals surface area contributed by atoms with Crippen molar-refractivity contribution in [3.63, 3.8) is 0 Å². The monoisotopic (exact) mass is 310 g/mol. The standard InChI is InChI=1S/C19H18O4/c1-4-10-22-18(20)16-12-14-8-6-7-9-15(14)17(13(16)3)19(21)23-11-5-2/h4-9,12H,1-2,10-11H2,3H3. The molecular weight excluding hydrogens is 292 g/mol. The van der Waals surface area contributed by atoms with Crippen molar-refractivity contribution in [2.75, 3.05) is 13.2 Å². The summed E-state index contributed by atoms with van der Waals surface area (Å²) < 4.78 is 10.3. The van der Waals surface area contributed by atoms with Crippen LogP contribution in [-0.4, -0.2) is 25.2 Å². The molecule has 0 aliphatic carbocycles. The Hall–Kier alpha value is -2.88. The number of carbonyl (C=O) groups excluding carboxylic acids is 2. The minimum Gasteiger partial charge on any atom is -0.458 e. The summed E-state index contributed by atoms with van der Waals surface area (Å²) in [5, 5.41) is 1.51. The molecule has 0 heterocycles. The molecule has 0 fully saturated rings. The van der Waals surface area contributed by atoms with Crippen LogP contribution < -0.4 is 0 Å². The molecule has 0 unspecified atom stereocenters. The maximum Gasteiger partial charge on any atom is 0.339 e. The second kappa shape index (κ2) is 7.40. The predicted molar refractivity (Wildman–Crippen MR) is 89.6 cm³/mol. The lowest BCUT2D eigenvalue weighted by Crippen LogP contribution is -2.13. The molecule has 0 saturated carbocycles. The van der Waals surface area contributed by atoms with E-state index < -0.39 is 11.9 Å². The quantitative estimate of drug-likeness (QED) is 0.601. The van der Waals surface area contributed by atoms with Crippen molar-refractivity contribution in [2.45, 2.75) is 6.92 Å². The van der Waals surface area contributed by atoms with Gasteiger partial charge in [0.2, 0.25) is 0 Å². The van der Waals surface area contributed by atoms with E-state index in [1.807, 2.05) is 24.3 Å². The van der Waals surface area contributed by atoms with Gasteiger partial charge in [0.15, 0.2) is 0 Å². The molecule has 23 heavy (non-hydrogen) atoms. The van der Waals surface area contributed by atoms with Crippen molar-refractivity contribution < 1.29 is 19.1 Å². The molecule has 0 atom stereocenters. The lowest BCUT2D eigenvalue weighted by atomic mass is 9.95. The van der Waals surface area contributed by atoms with Gasteiger partial charge in [-0.1, -0.05) is 49.6 Å². The third-order valence-electron chi connectivity index (χ3n) is 3.40. The Morgan fingerprint density at radius 2 is 1.65 bits per heavy atom. The number of ether oxygens (including phenoxy) is 2.